The topological polar surface area (TPSA) is 113 Å². The van der Waals surface area contributed by atoms with Crippen LogP contribution in [-0.4, -0.2) is 44.8 Å². The second kappa shape index (κ2) is 8.30. The maximum Gasteiger partial charge on any atom is 0.434 e. The van der Waals surface area contributed by atoms with Crippen molar-refractivity contribution in [3.05, 3.63) is 53.2 Å². The number of benzene rings is 1. The van der Waals surface area contributed by atoms with Crippen LogP contribution in [0.5, 0.6) is 17.4 Å². The van der Waals surface area contributed by atoms with Crippen LogP contribution < -0.4 is 19.5 Å². The first-order chi connectivity index (χ1) is 16.3. The van der Waals surface area contributed by atoms with E-state index in [-0.39, 0.29) is 23.6 Å². The maximum absolute atomic E-state index is 13.9. The van der Waals surface area contributed by atoms with Gasteiger partial charge in [-0.05, 0) is 24.3 Å². The molecule has 0 radical (unpaired) electrons. The van der Waals surface area contributed by atoms with Crippen molar-refractivity contribution < 1.29 is 32.2 Å². The molecule has 34 heavy (non-hydrogen) atoms. The highest BCUT2D eigenvalue weighted by molar-refractivity contribution is 7.14. The van der Waals surface area contributed by atoms with E-state index in [0.29, 0.717) is 27.4 Å². The molecule has 10 nitrogen and oxygen atoms in total. The lowest BCUT2D eigenvalue weighted by Gasteiger charge is -2.11. The van der Waals surface area contributed by atoms with E-state index >= 15 is 0 Å². The summed E-state index contributed by atoms with van der Waals surface area (Å²) in [6.07, 6.45) is -4.08. The van der Waals surface area contributed by atoms with Gasteiger partial charge in [0.1, 0.15) is 0 Å². The molecule has 0 saturated heterocycles. The highest BCUT2D eigenvalue weighted by Gasteiger charge is 2.41. The predicted octanol–water partition coefficient (Wildman–Crippen LogP) is 3.79. The zero-order valence-corrected chi connectivity index (χ0v) is 18.0. The second-order valence-electron chi connectivity index (χ2n) is 6.81. The van der Waals surface area contributed by atoms with E-state index in [0.717, 1.165) is 17.5 Å². The first-order valence-electron chi connectivity index (χ1n) is 9.53. The summed E-state index contributed by atoms with van der Waals surface area (Å²) in [5.74, 6) is 0.0216. The van der Waals surface area contributed by atoms with Crippen LogP contribution in [0.4, 0.5) is 18.3 Å². The fourth-order valence-electron chi connectivity index (χ4n) is 3.18. The van der Waals surface area contributed by atoms with Crippen molar-refractivity contribution in [2.24, 2.45) is 0 Å². The molecule has 5 rings (SSSR count). The van der Waals surface area contributed by atoms with Gasteiger partial charge in [0.05, 0.1) is 24.6 Å². The number of alkyl halides is 3. The fraction of sp³-hybridized carbons (Fsp3) is 0.150. The van der Waals surface area contributed by atoms with E-state index in [9.17, 15) is 18.0 Å². The van der Waals surface area contributed by atoms with Gasteiger partial charge in [-0.2, -0.15) is 18.3 Å². The van der Waals surface area contributed by atoms with Crippen LogP contribution >= 0.6 is 11.3 Å². The molecule has 0 spiro atoms. The van der Waals surface area contributed by atoms with Gasteiger partial charge >= 0.3 is 6.18 Å². The van der Waals surface area contributed by atoms with Crippen LogP contribution in [0.3, 0.4) is 0 Å². The Morgan fingerprint density at radius 3 is 2.74 bits per heavy atom. The number of hydrogen-bond acceptors (Lipinski definition) is 9. The van der Waals surface area contributed by atoms with Crippen molar-refractivity contribution in [1.82, 2.24) is 25.0 Å². The molecule has 1 amide bonds. The zero-order chi connectivity index (χ0) is 23.9. The lowest BCUT2D eigenvalue weighted by Crippen LogP contribution is -2.21. The molecule has 0 atom stereocenters. The number of aromatic nitrogens is 5. The Hall–Kier alpha value is -4.20. The molecule has 1 aliphatic heterocycles. The molecule has 1 N–H and O–H groups in total. The Bertz CT molecular complexity index is 1370. The van der Waals surface area contributed by atoms with Crippen molar-refractivity contribution in [3.63, 3.8) is 0 Å². The molecule has 14 heteroatoms. The van der Waals surface area contributed by atoms with Gasteiger partial charge < -0.3 is 14.2 Å². The molecule has 0 saturated carbocycles. The molecule has 4 heterocycles. The fourth-order valence-corrected chi connectivity index (χ4v) is 3.89. The predicted molar refractivity (Wildman–Crippen MR) is 112 cm³/mol. The number of nitrogens with one attached hydrogen (secondary N) is 1. The molecule has 3 aromatic heterocycles. The Morgan fingerprint density at radius 2 is 2.00 bits per heavy atom. The van der Waals surface area contributed by atoms with Crippen LogP contribution in [0.2, 0.25) is 0 Å². The highest BCUT2D eigenvalue weighted by atomic mass is 32.1. The third kappa shape index (κ3) is 3.98. The number of nitrogens with zero attached hydrogens (tertiary/aromatic N) is 5. The van der Waals surface area contributed by atoms with Crippen LogP contribution in [0, 0.1) is 0 Å². The molecule has 1 aromatic carbocycles. The molecule has 0 fully saturated rings. The number of carbonyl (C=O) groups is 1. The standard InChI is InChI=1S/C20H13F3N6O4S/c1-31-16-5-4-15(27-28-16)29-17(20(21,22)23)11(7-24-29)18(30)26-19-25-12(8-34-19)10-2-3-13-14(6-10)33-9-32-13/h2-8H,9H2,1H3,(H,25,26,30). The monoisotopic (exact) mass is 490 g/mol. The molecular weight excluding hydrogens is 477 g/mol. The van der Waals surface area contributed by atoms with Gasteiger partial charge in [-0.1, -0.05) is 0 Å². The summed E-state index contributed by atoms with van der Waals surface area (Å²) in [6.45, 7) is 0.120. The van der Waals surface area contributed by atoms with Crippen molar-refractivity contribution in [1.29, 1.82) is 0 Å². The number of halogens is 3. The molecule has 0 bridgehead atoms. The average Bonchev–Trinajstić information content (AvgIpc) is 3.57. The Morgan fingerprint density at radius 1 is 1.18 bits per heavy atom. The summed E-state index contributed by atoms with van der Waals surface area (Å²) < 4.78 is 57.5. The Balaban J connectivity index is 1.41. The normalized spacial score (nSPS) is 12.6. The van der Waals surface area contributed by atoms with Gasteiger partial charge in [0.15, 0.2) is 28.1 Å². The van der Waals surface area contributed by atoms with E-state index in [4.69, 9.17) is 14.2 Å². The number of fused-ring (bicyclic) bond motifs is 1. The number of ether oxygens (including phenoxy) is 3. The number of methoxy groups -OCH3 is 1. The third-order valence-corrected chi connectivity index (χ3v) is 5.49. The Labute approximate surface area is 192 Å². The highest BCUT2D eigenvalue weighted by Crippen LogP contribution is 2.37. The number of amides is 1. The van der Waals surface area contributed by atoms with E-state index < -0.39 is 23.3 Å². The maximum atomic E-state index is 13.9. The lowest BCUT2D eigenvalue weighted by atomic mass is 10.1. The lowest BCUT2D eigenvalue weighted by molar-refractivity contribution is -0.143. The molecule has 0 aliphatic carbocycles. The number of thiazole rings is 1. The van der Waals surface area contributed by atoms with Crippen LogP contribution in [0.25, 0.3) is 17.1 Å². The van der Waals surface area contributed by atoms with Crippen LogP contribution in [0.1, 0.15) is 16.1 Å². The minimum absolute atomic E-state index is 0.114. The first kappa shape index (κ1) is 21.6. The summed E-state index contributed by atoms with van der Waals surface area (Å²) in [5.41, 5.74) is -0.774. The van der Waals surface area contributed by atoms with E-state index in [1.54, 1.807) is 23.6 Å². The number of anilines is 1. The van der Waals surface area contributed by atoms with E-state index in [1.165, 1.54) is 19.2 Å². The Kier molecular flexibility index (Phi) is 5.28. The molecule has 1 aliphatic rings. The van der Waals surface area contributed by atoms with Gasteiger partial charge in [-0.3, -0.25) is 10.1 Å². The van der Waals surface area contributed by atoms with E-state index in [2.05, 4.69) is 25.6 Å². The molecule has 4 aromatic rings. The number of hydrogen-bond donors (Lipinski definition) is 1. The van der Waals surface area contributed by atoms with Crippen molar-refractivity contribution >= 4 is 22.4 Å². The third-order valence-electron chi connectivity index (χ3n) is 4.73. The van der Waals surface area contributed by atoms with Crippen LogP contribution in [0.15, 0.2) is 41.9 Å². The SMILES string of the molecule is COc1ccc(-n2ncc(C(=O)Nc3nc(-c4ccc5c(c4)OCO5)cs3)c2C(F)(F)F)nn1. The summed E-state index contributed by atoms with van der Waals surface area (Å²) >= 11 is 1.06. The summed E-state index contributed by atoms with van der Waals surface area (Å²) in [7, 11) is 1.34. The van der Waals surface area contributed by atoms with Crippen molar-refractivity contribution in [2.45, 2.75) is 6.18 Å². The summed E-state index contributed by atoms with van der Waals surface area (Å²) in [4.78, 5) is 17.0. The van der Waals surface area contributed by atoms with Crippen LogP contribution in [-0.2, 0) is 6.18 Å². The summed E-state index contributed by atoms with van der Waals surface area (Å²) in [5, 5.41) is 15.2. The van der Waals surface area contributed by atoms with Gasteiger partial charge in [0.2, 0.25) is 12.7 Å². The smallest absolute Gasteiger partial charge is 0.434 e. The molecular formula is C20H13F3N6O4S. The zero-order valence-electron chi connectivity index (χ0n) is 17.2. The van der Waals surface area contributed by atoms with Gasteiger partial charge in [0, 0.05) is 17.0 Å². The minimum Gasteiger partial charge on any atom is -0.480 e. The summed E-state index contributed by atoms with van der Waals surface area (Å²) in [6, 6.07) is 7.78. The van der Waals surface area contributed by atoms with Gasteiger partial charge in [-0.15, -0.1) is 21.5 Å². The molecule has 0 unspecified atom stereocenters. The average molecular weight is 490 g/mol. The van der Waals surface area contributed by atoms with Crippen molar-refractivity contribution in [3.8, 4) is 34.5 Å². The number of rotatable bonds is 5. The second-order valence-corrected chi connectivity index (χ2v) is 7.67. The number of carbonyl (C=O) groups excluding carboxylic acids is 1. The van der Waals surface area contributed by atoms with Gasteiger partial charge in [-0.25, -0.2) is 9.67 Å². The molecule has 174 valence electrons. The van der Waals surface area contributed by atoms with E-state index in [1.807, 2.05) is 0 Å². The first-order valence-corrected chi connectivity index (χ1v) is 10.4. The minimum atomic E-state index is -4.90. The quantitative estimate of drug-likeness (QED) is 0.450. The van der Waals surface area contributed by atoms with Crippen molar-refractivity contribution in [2.75, 3.05) is 19.2 Å². The van der Waals surface area contributed by atoms with Gasteiger partial charge in [0.25, 0.3) is 5.91 Å². The largest absolute Gasteiger partial charge is 0.480 e.